The van der Waals surface area contributed by atoms with Crippen molar-refractivity contribution in [2.24, 2.45) is 23.1 Å². The molecule has 3 aromatic carbocycles. The first-order valence-electron chi connectivity index (χ1n) is 40.7. The number of carboxylic acids is 3. The SMILES string of the molecule is CC(C)C[C@H](NC(=O)[C@H](Cc1ccc(O)cc1)NC(=O)[C@H](CCCCN)NC(=O)[C@H](CO)NC(=O)[C@H](Cc1ccc(O)cc1)NC(=O)[C@H](CC(=O)O)NC(=O)[C@H](CO)NC(=O)[C@@H](NC(=O)[C@H](Cc1ccccc1)NC(=O)[C@@H](NC(=O)CNC(=O)[C@H](CCC(N)=O)NC(=O)[C@H](CO)NC(=O)[C@@H](N)Cc1c[nH]cn1)[C@@H](C)O)[C@@H](C)O)C(=O)N[C@@H](CC(=O)O)C(=O)N[C@@H](CS)C(=O)O. The Bertz CT molecular complexity index is 4520. The van der Waals surface area contributed by atoms with E-state index in [1.165, 1.54) is 73.2 Å². The Morgan fingerprint density at radius 3 is 1.18 bits per heavy atom. The van der Waals surface area contributed by atoms with Gasteiger partial charge in [0.2, 0.25) is 94.5 Å². The summed E-state index contributed by atoms with van der Waals surface area (Å²) in [5.41, 5.74) is 18.2. The number of carboxylic acid groups (broad SMARTS) is 3. The topological polar surface area (TPSA) is 814 Å². The highest BCUT2D eigenvalue weighted by Crippen LogP contribution is 2.17. The highest BCUT2D eigenvalue weighted by atomic mass is 32.1. The van der Waals surface area contributed by atoms with Crippen molar-refractivity contribution < 1.29 is 142 Å². The second kappa shape index (κ2) is 55.3. The van der Waals surface area contributed by atoms with Gasteiger partial charge in [0.25, 0.3) is 0 Å². The molecule has 0 saturated carbocycles. The van der Waals surface area contributed by atoms with Gasteiger partial charge in [0.1, 0.15) is 96.1 Å². The number of thiol groups is 1. The van der Waals surface area contributed by atoms with Crippen LogP contribution in [0.15, 0.2) is 91.4 Å². The number of carbonyl (C=O) groups excluding carboxylic acids is 16. The summed E-state index contributed by atoms with van der Waals surface area (Å²) in [6, 6.07) is -9.64. The number of aromatic amines is 1. The maximum absolute atomic E-state index is 14.6. The predicted molar refractivity (Wildman–Crippen MR) is 455 cm³/mol. The number of nitrogens with one attached hydrogen (secondary N) is 16. The van der Waals surface area contributed by atoms with Gasteiger partial charge in [-0.25, -0.2) is 9.78 Å². The fourth-order valence-electron chi connectivity index (χ4n) is 12.3. The molecule has 1 aromatic heterocycles. The summed E-state index contributed by atoms with van der Waals surface area (Å²) in [6.07, 6.45) is -5.92. The first-order chi connectivity index (χ1) is 61.4. The third-order valence-electron chi connectivity index (χ3n) is 19.3. The molecule has 0 radical (unpaired) electrons. The molecule has 0 aliphatic rings. The summed E-state index contributed by atoms with van der Waals surface area (Å²) < 4.78 is 0. The molecule has 0 unspecified atom stereocenters. The van der Waals surface area contributed by atoms with Gasteiger partial charge in [0, 0.05) is 44.1 Å². The fourth-order valence-corrected chi connectivity index (χ4v) is 12.6. The smallest absolute Gasteiger partial charge is 0.327 e. The number of amides is 16. The molecule has 0 bridgehead atoms. The molecule has 49 nitrogen and oxygen atoms in total. The van der Waals surface area contributed by atoms with Crippen LogP contribution in [0.25, 0.3) is 0 Å². The van der Waals surface area contributed by atoms with E-state index in [1.807, 2.05) is 5.32 Å². The number of primary amides is 1. The molecule has 0 fully saturated rings. The highest BCUT2D eigenvalue weighted by molar-refractivity contribution is 7.80. The number of hydrogen-bond acceptors (Lipinski definition) is 30. The van der Waals surface area contributed by atoms with Crippen molar-refractivity contribution in [1.29, 1.82) is 0 Å². The number of aliphatic hydroxyl groups excluding tert-OH is 5. The number of aromatic nitrogens is 2. The number of aromatic hydroxyl groups is 2. The van der Waals surface area contributed by atoms with Gasteiger partial charge < -0.3 is 153 Å². The van der Waals surface area contributed by atoms with Crippen LogP contribution >= 0.6 is 12.6 Å². The Kier molecular flexibility index (Phi) is 46.2. The molecule has 32 N–H and O–H groups in total. The summed E-state index contributed by atoms with van der Waals surface area (Å²) in [6.45, 7) is 0.709. The van der Waals surface area contributed by atoms with E-state index < -0.39 is 298 Å². The van der Waals surface area contributed by atoms with Gasteiger partial charge in [-0.3, -0.25) is 86.3 Å². The number of hydrogen-bond donors (Lipinski definition) is 30. The molecule has 130 heavy (non-hydrogen) atoms. The molecule has 17 atom stereocenters. The Morgan fingerprint density at radius 1 is 0.415 bits per heavy atom. The van der Waals surface area contributed by atoms with Crippen LogP contribution in [0.4, 0.5) is 0 Å². The number of carbonyl (C=O) groups is 19. The number of aliphatic carboxylic acids is 3. The average molecular weight is 1850 g/mol. The Hall–Kier alpha value is -13.5. The standard InChI is InChI=1S/C80H114N20O29S/c1-38(2)24-50(69(117)92-55(30-63(112)113)73(121)98-59(36-130)80(128)129)89-70(118)51(26-42-13-17-45(106)18-14-42)90-68(116)48(12-8-9-23-81)87-76(124)57(34-102)96-71(119)52(27-43-15-19-46(107)20-16-43)91-72(120)54(29-62(110)111)93-77(125)58(35-103)97-79(127)65(40(4)105)100-74(122)53(25-41-10-6-5-7-11-41)94-78(126)64(39(3)104)99-61(109)32-85-67(115)49(21-22-60(83)108)88-75(123)56(33-101)95-66(114)47(82)28-44-31-84-37-86-44/h5-7,10-11,13-20,31,37-40,47-59,64-65,101-107,130H,8-9,12,21-30,32-36,81-82H2,1-4H3,(H2,83,108)(H,84,86)(H,85,115)(H,87,124)(H,88,123)(H,89,118)(H,90,116)(H,91,120)(H,92,117)(H,93,125)(H,94,126)(H,95,114)(H,96,119)(H,97,127)(H,98,121)(H,99,109)(H,100,122)(H,110,111)(H,112,113)(H,128,129)/t39-,40-,47+,48+,49+,50+,51+,52+,53+,54+,55+,56+,57+,58+,59+,64+,65+/m1/s1. The number of aliphatic hydroxyl groups is 5. The minimum atomic E-state index is -2.25. The Balaban J connectivity index is 1.56. The van der Waals surface area contributed by atoms with Crippen molar-refractivity contribution in [1.82, 2.24) is 89.7 Å². The van der Waals surface area contributed by atoms with Gasteiger partial charge in [0.05, 0.1) is 69.5 Å². The summed E-state index contributed by atoms with van der Waals surface area (Å²) in [5.74, 6) is -25.7. The van der Waals surface area contributed by atoms with Gasteiger partial charge in [-0.1, -0.05) is 68.4 Å². The van der Waals surface area contributed by atoms with Crippen molar-refractivity contribution in [3.05, 3.63) is 114 Å². The van der Waals surface area contributed by atoms with E-state index in [1.54, 1.807) is 19.9 Å². The lowest BCUT2D eigenvalue weighted by molar-refractivity contribution is -0.143. The van der Waals surface area contributed by atoms with Crippen LogP contribution in [0, 0.1) is 5.92 Å². The fraction of sp³-hybridized carbons (Fsp3) is 0.500. The lowest BCUT2D eigenvalue weighted by Gasteiger charge is -2.28. The van der Waals surface area contributed by atoms with E-state index in [0.29, 0.717) is 16.8 Å². The van der Waals surface area contributed by atoms with Crippen LogP contribution in [-0.2, 0) is 117 Å². The van der Waals surface area contributed by atoms with Gasteiger partial charge in [-0.05, 0) is 99.4 Å². The van der Waals surface area contributed by atoms with Crippen LogP contribution in [-0.4, -0.2) is 315 Å². The maximum Gasteiger partial charge on any atom is 0.327 e. The van der Waals surface area contributed by atoms with E-state index >= 15 is 0 Å². The number of benzene rings is 3. The zero-order chi connectivity index (χ0) is 97.2. The second-order valence-electron chi connectivity index (χ2n) is 30.4. The number of rotatable bonds is 58. The molecule has 4 aromatic rings. The van der Waals surface area contributed by atoms with E-state index in [2.05, 4.69) is 97.0 Å². The van der Waals surface area contributed by atoms with E-state index in [4.69, 9.17) is 17.2 Å². The van der Waals surface area contributed by atoms with Gasteiger partial charge >= 0.3 is 17.9 Å². The van der Waals surface area contributed by atoms with Gasteiger partial charge in [-0.2, -0.15) is 12.6 Å². The van der Waals surface area contributed by atoms with Crippen LogP contribution in [0.3, 0.4) is 0 Å². The summed E-state index contributed by atoms with van der Waals surface area (Å²) >= 11 is 3.89. The Labute approximate surface area is 748 Å². The molecule has 0 spiro atoms. The number of phenolic OH excluding ortho intramolecular Hbond substituents is 2. The molecule has 0 saturated heterocycles. The van der Waals surface area contributed by atoms with Crippen molar-refractivity contribution in [2.45, 2.75) is 208 Å². The minimum Gasteiger partial charge on any atom is -0.508 e. The number of H-pyrrole nitrogens is 1. The number of nitrogens with two attached hydrogens (primary N) is 3. The average Bonchev–Trinajstić information content (AvgIpc) is 0.850. The largest absolute Gasteiger partial charge is 0.508 e. The first-order valence-corrected chi connectivity index (χ1v) is 41.3. The number of unbranched alkanes of at least 4 members (excludes halogenated alkanes) is 1. The van der Waals surface area contributed by atoms with Crippen LogP contribution < -0.4 is 97.0 Å². The molecule has 714 valence electrons. The Morgan fingerprint density at radius 2 is 0.777 bits per heavy atom. The summed E-state index contributed by atoms with van der Waals surface area (Å²) in [4.78, 5) is 264. The lowest BCUT2D eigenvalue weighted by atomic mass is 10.00. The summed E-state index contributed by atoms with van der Waals surface area (Å²) in [5, 5.41) is 136. The molecule has 0 aliphatic carbocycles. The highest BCUT2D eigenvalue weighted by Gasteiger charge is 2.40. The van der Waals surface area contributed by atoms with Crippen molar-refractivity contribution >= 4 is 125 Å². The molecular weight excluding hydrogens is 1740 g/mol. The van der Waals surface area contributed by atoms with Crippen molar-refractivity contribution in [3.63, 3.8) is 0 Å². The lowest BCUT2D eigenvalue weighted by Crippen LogP contribution is -2.63. The number of nitrogens with zero attached hydrogens (tertiary/aromatic N) is 1. The second-order valence-corrected chi connectivity index (χ2v) is 30.8. The number of phenols is 2. The third kappa shape index (κ3) is 38.2. The molecular formula is C80H114N20O29S. The van der Waals surface area contributed by atoms with Crippen molar-refractivity contribution in [3.8, 4) is 11.5 Å². The van der Waals surface area contributed by atoms with E-state index in [-0.39, 0.29) is 55.7 Å². The minimum absolute atomic E-state index is 0.0557. The van der Waals surface area contributed by atoms with E-state index in [0.717, 1.165) is 26.0 Å². The maximum atomic E-state index is 14.6. The van der Waals surface area contributed by atoms with Gasteiger partial charge in [0.15, 0.2) is 0 Å². The van der Waals surface area contributed by atoms with Crippen molar-refractivity contribution in [2.75, 3.05) is 38.7 Å². The first kappa shape index (κ1) is 109. The summed E-state index contributed by atoms with van der Waals surface area (Å²) in [7, 11) is 0. The molecule has 1 heterocycles. The normalized spacial score (nSPS) is 15.0. The van der Waals surface area contributed by atoms with Gasteiger partial charge in [-0.15, -0.1) is 0 Å². The van der Waals surface area contributed by atoms with Crippen LogP contribution in [0.1, 0.15) is 101 Å². The molecule has 0 aliphatic heterocycles. The number of imidazole rings is 1. The molecule has 16 amide bonds. The van der Waals surface area contributed by atoms with Crippen LogP contribution in [0.2, 0.25) is 0 Å². The molecule has 50 heteroatoms. The quantitative estimate of drug-likeness (QED) is 0.0144. The van der Waals surface area contributed by atoms with E-state index in [9.17, 15) is 142 Å². The zero-order valence-electron chi connectivity index (χ0n) is 71.1. The molecule has 4 rings (SSSR count). The predicted octanol–water partition coefficient (Wildman–Crippen LogP) is -10.5. The monoisotopic (exact) mass is 1850 g/mol. The zero-order valence-corrected chi connectivity index (χ0v) is 72.0. The third-order valence-corrected chi connectivity index (χ3v) is 19.7. The van der Waals surface area contributed by atoms with Crippen LogP contribution in [0.5, 0.6) is 11.5 Å².